The Balaban J connectivity index is 0.00000200. The molecule has 1 aromatic carbocycles. The first-order valence-electron chi connectivity index (χ1n) is 6.88. The number of carbonyl (C=O) groups is 1. The van der Waals surface area contributed by atoms with E-state index in [0.717, 1.165) is 24.9 Å². The van der Waals surface area contributed by atoms with Gasteiger partial charge in [0.1, 0.15) is 0 Å². The second-order valence-electron chi connectivity index (χ2n) is 5.28. The van der Waals surface area contributed by atoms with Crippen molar-refractivity contribution in [2.45, 2.75) is 44.4 Å². The average molecular weight is 299 g/mol. The zero-order chi connectivity index (χ0) is 13.8. The topological polar surface area (TPSA) is 66.6 Å². The first-order chi connectivity index (χ1) is 9.09. The third-order valence-electron chi connectivity index (χ3n) is 3.73. The molecule has 0 bridgehead atoms. The van der Waals surface area contributed by atoms with Gasteiger partial charge in [0, 0.05) is 12.6 Å². The fraction of sp³-hybridized carbons (Fsp3) is 0.533. The smallest absolute Gasteiger partial charge is 0.239 e. The SMILES string of the molecule is C[C@@H](N)C(=O)N1CCCC1CC(O)c1ccccc1.Cl. The summed E-state index contributed by atoms with van der Waals surface area (Å²) in [5, 5.41) is 10.2. The summed E-state index contributed by atoms with van der Waals surface area (Å²) in [5.74, 6) is -0.0113. The van der Waals surface area contributed by atoms with Crippen molar-refractivity contribution in [3.63, 3.8) is 0 Å². The Morgan fingerprint density at radius 2 is 2.10 bits per heavy atom. The lowest BCUT2D eigenvalue weighted by atomic mass is 10.0. The fourth-order valence-electron chi connectivity index (χ4n) is 2.70. The molecule has 2 unspecified atom stereocenters. The molecule has 0 aromatic heterocycles. The lowest BCUT2D eigenvalue weighted by Crippen LogP contribution is -2.44. The molecule has 112 valence electrons. The van der Waals surface area contributed by atoms with Gasteiger partial charge < -0.3 is 15.7 Å². The lowest BCUT2D eigenvalue weighted by Gasteiger charge is -2.28. The van der Waals surface area contributed by atoms with E-state index in [2.05, 4.69) is 0 Å². The van der Waals surface area contributed by atoms with E-state index >= 15 is 0 Å². The van der Waals surface area contributed by atoms with E-state index in [9.17, 15) is 9.90 Å². The maximum atomic E-state index is 12.0. The molecule has 1 aromatic rings. The number of aliphatic hydroxyl groups excluding tert-OH is 1. The molecule has 4 nitrogen and oxygen atoms in total. The van der Waals surface area contributed by atoms with Gasteiger partial charge in [-0.05, 0) is 31.7 Å². The second kappa shape index (κ2) is 7.62. The van der Waals surface area contributed by atoms with Crippen LogP contribution < -0.4 is 5.73 Å². The molecule has 1 aliphatic rings. The number of hydrogen-bond donors (Lipinski definition) is 2. The highest BCUT2D eigenvalue weighted by Gasteiger charge is 2.31. The minimum absolute atomic E-state index is 0. The van der Waals surface area contributed by atoms with E-state index in [-0.39, 0.29) is 24.4 Å². The van der Waals surface area contributed by atoms with Gasteiger partial charge in [0.15, 0.2) is 0 Å². The van der Waals surface area contributed by atoms with E-state index in [0.29, 0.717) is 6.42 Å². The molecule has 3 N–H and O–H groups in total. The molecule has 1 heterocycles. The molecule has 2 rings (SSSR count). The minimum Gasteiger partial charge on any atom is -0.388 e. The van der Waals surface area contributed by atoms with Crippen molar-refractivity contribution in [2.75, 3.05) is 6.54 Å². The second-order valence-corrected chi connectivity index (χ2v) is 5.28. The van der Waals surface area contributed by atoms with Crippen LogP contribution in [-0.2, 0) is 4.79 Å². The number of likely N-dealkylation sites (tertiary alicyclic amines) is 1. The number of nitrogens with two attached hydrogens (primary N) is 1. The normalized spacial score (nSPS) is 21.1. The summed E-state index contributed by atoms with van der Waals surface area (Å²) >= 11 is 0. The summed E-state index contributed by atoms with van der Waals surface area (Å²) < 4.78 is 0. The summed E-state index contributed by atoms with van der Waals surface area (Å²) in [4.78, 5) is 13.8. The lowest BCUT2D eigenvalue weighted by molar-refractivity contribution is -0.133. The van der Waals surface area contributed by atoms with E-state index in [1.807, 2.05) is 35.2 Å². The molecule has 0 radical (unpaired) electrons. The van der Waals surface area contributed by atoms with Crippen LogP contribution in [0.4, 0.5) is 0 Å². The fourth-order valence-corrected chi connectivity index (χ4v) is 2.70. The molecule has 20 heavy (non-hydrogen) atoms. The van der Waals surface area contributed by atoms with Crippen LogP contribution in [0.2, 0.25) is 0 Å². The van der Waals surface area contributed by atoms with Crippen LogP contribution in [0, 0.1) is 0 Å². The van der Waals surface area contributed by atoms with Gasteiger partial charge in [-0.25, -0.2) is 0 Å². The molecule has 1 fully saturated rings. The molecule has 1 saturated heterocycles. The predicted molar refractivity (Wildman–Crippen MR) is 81.7 cm³/mol. The third-order valence-corrected chi connectivity index (χ3v) is 3.73. The van der Waals surface area contributed by atoms with Crippen molar-refractivity contribution in [1.82, 2.24) is 4.90 Å². The van der Waals surface area contributed by atoms with E-state index in [1.165, 1.54) is 0 Å². The maximum Gasteiger partial charge on any atom is 0.239 e. The largest absolute Gasteiger partial charge is 0.388 e. The summed E-state index contributed by atoms with van der Waals surface area (Å²) in [6.07, 6.45) is 2.00. The number of aliphatic hydroxyl groups is 1. The number of rotatable bonds is 4. The number of nitrogens with zero attached hydrogens (tertiary/aromatic N) is 1. The van der Waals surface area contributed by atoms with Crippen molar-refractivity contribution in [3.8, 4) is 0 Å². The molecule has 1 amide bonds. The molecule has 0 spiro atoms. The van der Waals surface area contributed by atoms with Crippen molar-refractivity contribution < 1.29 is 9.90 Å². The van der Waals surface area contributed by atoms with Crippen LogP contribution in [0.25, 0.3) is 0 Å². The van der Waals surface area contributed by atoms with Crippen molar-refractivity contribution >= 4 is 18.3 Å². The molecule has 0 saturated carbocycles. The molecule has 3 atom stereocenters. The summed E-state index contributed by atoms with van der Waals surface area (Å²) in [6, 6.07) is 9.23. The summed E-state index contributed by atoms with van der Waals surface area (Å²) in [5.41, 5.74) is 6.57. The first-order valence-corrected chi connectivity index (χ1v) is 6.88. The Labute approximate surface area is 126 Å². The van der Waals surface area contributed by atoms with Crippen LogP contribution in [0.3, 0.4) is 0 Å². The van der Waals surface area contributed by atoms with E-state index in [4.69, 9.17) is 5.73 Å². The van der Waals surface area contributed by atoms with Gasteiger partial charge in [-0.1, -0.05) is 30.3 Å². The zero-order valence-electron chi connectivity index (χ0n) is 11.7. The van der Waals surface area contributed by atoms with Gasteiger partial charge in [0.2, 0.25) is 5.91 Å². The highest BCUT2D eigenvalue weighted by molar-refractivity contribution is 5.85. The van der Waals surface area contributed by atoms with Gasteiger partial charge in [-0.15, -0.1) is 12.4 Å². The summed E-state index contributed by atoms with van der Waals surface area (Å²) in [6.45, 7) is 2.47. The van der Waals surface area contributed by atoms with E-state index < -0.39 is 12.1 Å². The number of benzene rings is 1. The highest BCUT2D eigenvalue weighted by Crippen LogP contribution is 2.27. The minimum atomic E-state index is -0.521. The number of halogens is 1. The Morgan fingerprint density at radius 3 is 2.70 bits per heavy atom. The molecule has 5 heteroatoms. The molecular formula is C15H23ClN2O2. The first kappa shape index (κ1) is 17.0. The maximum absolute atomic E-state index is 12.0. The van der Waals surface area contributed by atoms with Crippen molar-refractivity contribution in [1.29, 1.82) is 0 Å². The molecular weight excluding hydrogens is 276 g/mol. The third kappa shape index (κ3) is 3.95. The Morgan fingerprint density at radius 1 is 1.45 bits per heavy atom. The van der Waals surface area contributed by atoms with Gasteiger partial charge in [-0.2, -0.15) is 0 Å². The van der Waals surface area contributed by atoms with Gasteiger partial charge in [0.25, 0.3) is 0 Å². The number of amides is 1. The van der Waals surface area contributed by atoms with Gasteiger partial charge in [0.05, 0.1) is 12.1 Å². The van der Waals surface area contributed by atoms with Crippen LogP contribution in [0.5, 0.6) is 0 Å². The standard InChI is InChI=1S/C15H22N2O2.ClH/c1-11(16)15(19)17-9-5-8-13(17)10-14(18)12-6-3-2-4-7-12;/h2-4,6-7,11,13-14,18H,5,8-10,16H2,1H3;1H/t11-,13?,14?;/m1./s1. The molecule has 1 aliphatic heterocycles. The van der Waals surface area contributed by atoms with Crippen molar-refractivity contribution in [2.24, 2.45) is 5.73 Å². The van der Waals surface area contributed by atoms with Crippen LogP contribution in [0.1, 0.15) is 37.9 Å². The van der Waals surface area contributed by atoms with E-state index in [1.54, 1.807) is 6.92 Å². The molecule has 0 aliphatic carbocycles. The van der Waals surface area contributed by atoms with Crippen LogP contribution in [-0.4, -0.2) is 34.5 Å². The Bertz CT molecular complexity index is 425. The number of hydrogen-bond acceptors (Lipinski definition) is 3. The highest BCUT2D eigenvalue weighted by atomic mass is 35.5. The average Bonchev–Trinajstić information content (AvgIpc) is 2.86. The zero-order valence-corrected chi connectivity index (χ0v) is 12.6. The Hall–Kier alpha value is -1.10. The van der Waals surface area contributed by atoms with Gasteiger partial charge in [-0.3, -0.25) is 4.79 Å². The van der Waals surface area contributed by atoms with Gasteiger partial charge >= 0.3 is 0 Å². The monoisotopic (exact) mass is 298 g/mol. The Kier molecular flexibility index (Phi) is 6.46. The predicted octanol–water partition coefficient (Wildman–Crippen LogP) is 1.87. The van der Waals surface area contributed by atoms with Crippen molar-refractivity contribution in [3.05, 3.63) is 35.9 Å². The summed E-state index contributed by atoms with van der Waals surface area (Å²) in [7, 11) is 0. The quantitative estimate of drug-likeness (QED) is 0.892. The van der Waals surface area contributed by atoms with Crippen LogP contribution >= 0.6 is 12.4 Å². The number of carbonyl (C=O) groups excluding carboxylic acids is 1. The van der Waals surface area contributed by atoms with Crippen LogP contribution in [0.15, 0.2) is 30.3 Å².